The van der Waals surface area contributed by atoms with Crippen LogP contribution in [0, 0.1) is 0 Å². The van der Waals surface area contributed by atoms with Crippen LogP contribution in [0.5, 0.6) is 0 Å². The second-order valence-corrected chi connectivity index (χ2v) is 14.6. The van der Waals surface area contributed by atoms with Gasteiger partial charge in [-0.1, -0.05) is 147 Å². The summed E-state index contributed by atoms with van der Waals surface area (Å²) in [6.07, 6.45) is 37.8. The number of hydrogen-bond donors (Lipinski definition) is 2. The largest absolute Gasteiger partial charge is 0.462 e. The average molecular weight is 737 g/mol. The Kier molecular flexibility index (Phi) is 36.8. The van der Waals surface area contributed by atoms with Crippen LogP contribution in [0.2, 0.25) is 0 Å². The van der Waals surface area contributed by atoms with Crippen molar-refractivity contribution in [3.8, 4) is 0 Å². The predicted octanol–water partition coefficient (Wildman–Crippen LogP) is 10.6. The van der Waals surface area contributed by atoms with Gasteiger partial charge in [0.05, 0.1) is 12.6 Å². The molecule has 0 heterocycles. The van der Waals surface area contributed by atoms with Crippen molar-refractivity contribution in [2.24, 2.45) is 0 Å². The Bertz CT molecular complexity index is 893. The number of likely N-dealkylation sites (N-methyl/N-ethyl adjacent to an activating group) is 1. The van der Waals surface area contributed by atoms with Gasteiger partial charge in [-0.15, -0.1) is 0 Å². The monoisotopic (exact) mass is 737 g/mol. The first-order valence-corrected chi connectivity index (χ1v) is 21.2. The van der Waals surface area contributed by atoms with Crippen LogP contribution < -0.4 is 5.48 Å². The zero-order valence-corrected chi connectivity index (χ0v) is 34.0. The number of hydrogen-bond acceptors (Lipinski definition) is 8. The topological polar surface area (TPSA) is 114 Å². The summed E-state index contributed by atoms with van der Waals surface area (Å²) in [6, 6.07) is -0.567. The fourth-order valence-electron chi connectivity index (χ4n) is 6.09. The van der Waals surface area contributed by atoms with Crippen LogP contribution in [0.3, 0.4) is 0 Å². The normalized spacial score (nSPS) is 12.9. The molecule has 1 amide bonds. The van der Waals surface area contributed by atoms with E-state index in [9.17, 15) is 14.4 Å². The molecule has 52 heavy (non-hydrogen) atoms. The van der Waals surface area contributed by atoms with E-state index in [-0.39, 0.29) is 31.8 Å². The summed E-state index contributed by atoms with van der Waals surface area (Å²) < 4.78 is 16.9. The van der Waals surface area contributed by atoms with E-state index in [1.165, 1.54) is 89.9 Å². The minimum Gasteiger partial charge on any atom is -0.462 e. The maximum Gasteiger partial charge on any atom is 0.306 e. The SMILES string of the molecule is CCCCC/C=C/C/C=C/CCCCCCCC(=O)OC[C@@H](COCC[C@@H](C(=O)NO)N(C)C)OC(=O)CCCCCCCCCCCCCCC. The molecule has 0 unspecified atom stereocenters. The molecule has 0 aromatic carbocycles. The smallest absolute Gasteiger partial charge is 0.306 e. The van der Waals surface area contributed by atoms with Gasteiger partial charge in [0.15, 0.2) is 6.10 Å². The highest BCUT2D eigenvalue weighted by molar-refractivity contribution is 5.80. The molecular weight excluding hydrogens is 656 g/mol. The fraction of sp³-hybridized carbons (Fsp3) is 0.837. The number of hydroxylamine groups is 1. The second kappa shape index (κ2) is 38.5. The molecule has 0 saturated heterocycles. The Morgan fingerprint density at radius 1 is 0.615 bits per heavy atom. The predicted molar refractivity (Wildman–Crippen MR) is 213 cm³/mol. The van der Waals surface area contributed by atoms with E-state index in [0.717, 1.165) is 64.2 Å². The van der Waals surface area contributed by atoms with Crippen molar-refractivity contribution in [3.05, 3.63) is 24.3 Å². The van der Waals surface area contributed by atoms with E-state index < -0.39 is 18.1 Å². The summed E-state index contributed by atoms with van der Waals surface area (Å²) in [5, 5.41) is 9.02. The Balaban J connectivity index is 4.36. The maximum atomic E-state index is 12.7. The van der Waals surface area contributed by atoms with Crippen LogP contribution in [0.15, 0.2) is 24.3 Å². The van der Waals surface area contributed by atoms with Gasteiger partial charge < -0.3 is 14.2 Å². The summed E-state index contributed by atoms with van der Waals surface area (Å²) in [5.41, 5.74) is 1.69. The number of allylic oxidation sites excluding steroid dienone is 4. The number of esters is 2. The van der Waals surface area contributed by atoms with E-state index in [1.54, 1.807) is 24.5 Å². The van der Waals surface area contributed by atoms with Crippen LogP contribution in [-0.4, -0.2) is 74.0 Å². The van der Waals surface area contributed by atoms with E-state index in [0.29, 0.717) is 19.3 Å². The lowest BCUT2D eigenvalue weighted by Gasteiger charge is -2.23. The standard InChI is InChI=1S/C43H80N2O7/c1-5-7-9-11-13-15-17-19-20-22-23-25-27-29-31-33-41(46)51-38-39(37-50-36-35-40(45(3)4)43(48)44-49)52-42(47)34-32-30-28-26-24-21-18-16-14-12-10-8-6-2/h13,15,19-20,39-40,49H,5-12,14,16-18,21-38H2,1-4H3,(H,44,48)/b15-13+,20-19+/t39-,40+/m1/s1. The van der Waals surface area contributed by atoms with Crippen molar-refractivity contribution in [1.82, 2.24) is 10.4 Å². The van der Waals surface area contributed by atoms with E-state index in [2.05, 4.69) is 38.2 Å². The van der Waals surface area contributed by atoms with Gasteiger partial charge in [-0.2, -0.15) is 0 Å². The number of nitrogens with one attached hydrogen (secondary N) is 1. The first kappa shape index (κ1) is 49.8. The summed E-state index contributed by atoms with van der Waals surface area (Å²) in [6.45, 7) is 4.70. The van der Waals surface area contributed by atoms with Gasteiger partial charge in [0.2, 0.25) is 0 Å². The highest BCUT2D eigenvalue weighted by Gasteiger charge is 2.21. The Morgan fingerprint density at radius 3 is 1.60 bits per heavy atom. The number of carbonyl (C=O) groups excluding carboxylic acids is 3. The van der Waals surface area contributed by atoms with Gasteiger partial charge in [-0.3, -0.25) is 24.5 Å². The summed E-state index contributed by atoms with van der Waals surface area (Å²) in [4.78, 5) is 38.8. The van der Waals surface area contributed by atoms with Crippen LogP contribution in [0.1, 0.15) is 187 Å². The molecule has 2 atom stereocenters. The molecule has 0 aromatic heterocycles. The van der Waals surface area contributed by atoms with Crippen LogP contribution in [0.25, 0.3) is 0 Å². The molecule has 2 N–H and O–H groups in total. The number of carbonyl (C=O) groups is 3. The quantitative estimate of drug-likeness (QED) is 0.0212. The van der Waals surface area contributed by atoms with Crippen LogP contribution in [-0.2, 0) is 28.6 Å². The van der Waals surface area contributed by atoms with Crippen molar-refractivity contribution in [3.63, 3.8) is 0 Å². The second-order valence-electron chi connectivity index (χ2n) is 14.6. The molecule has 0 fully saturated rings. The molecule has 0 aromatic rings. The molecule has 304 valence electrons. The number of unbranched alkanes of at least 4 members (excludes halogenated alkanes) is 20. The number of ether oxygens (including phenoxy) is 3. The molecule has 9 heteroatoms. The Morgan fingerprint density at radius 2 is 1.08 bits per heavy atom. The first-order chi connectivity index (χ1) is 25.3. The molecule has 0 aliphatic rings. The van der Waals surface area contributed by atoms with Crippen molar-refractivity contribution in [2.75, 3.05) is 33.9 Å². The lowest BCUT2D eigenvalue weighted by molar-refractivity contribution is -0.163. The number of nitrogens with zero attached hydrogens (tertiary/aromatic N) is 1. The third-order valence-corrected chi connectivity index (χ3v) is 9.42. The van der Waals surface area contributed by atoms with Crippen molar-refractivity contribution in [2.45, 2.75) is 199 Å². The van der Waals surface area contributed by atoms with E-state index >= 15 is 0 Å². The summed E-state index contributed by atoms with van der Waals surface area (Å²) >= 11 is 0. The molecule has 0 rings (SSSR count). The van der Waals surface area contributed by atoms with E-state index in [1.807, 2.05) is 0 Å². The molecular formula is C43H80N2O7. The van der Waals surface area contributed by atoms with Crippen molar-refractivity contribution in [1.29, 1.82) is 0 Å². The first-order valence-electron chi connectivity index (χ1n) is 21.2. The lowest BCUT2D eigenvalue weighted by atomic mass is 10.0. The Hall–Kier alpha value is -2.23. The van der Waals surface area contributed by atoms with Gasteiger partial charge in [0, 0.05) is 19.4 Å². The maximum absolute atomic E-state index is 12.7. The van der Waals surface area contributed by atoms with Crippen LogP contribution in [0.4, 0.5) is 0 Å². The molecule has 0 radical (unpaired) electrons. The third kappa shape index (κ3) is 33.6. The zero-order chi connectivity index (χ0) is 38.3. The fourth-order valence-corrected chi connectivity index (χ4v) is 6.09. The highest BCUT2D eigenvalue weighted by atomic mass is 16.6. The molecule has 0 aliphatic heterocycles. The summed E-state index contributed by atoms with van der Waals surface area (Å²) in [7, 11) is 3.49. The molecule has 0 aliphatic carbocycles. The van der Waals surface area contributed by atoms with Crippen LogP contribution >= 0.6 is 0 Å². The van der Waals surface area contributed by atoms with Crippen molar-refractivity contribution >= 4 is 17.8 Å². The minimum absolute atomic E-state index is 0.0577. The number of amides is 1. The third-order valence-electron chi connectivity index (χ3n) is 9.42. The van der Waals surface area contributed by atoms with Gasteiger partial charge in [-0.25, -0.2) is 5.48 Å². The molecule has 0 saturated carbocycles. The van der Waals surface area contributed by atoms with Gasteiger partial charge >= 0.3 is 11.9 Å². The molecule has 9 nitrogen and oxygen atoms in total. The van der Waals surface area contributed by atoms with Gasteiger partial charge in [0.1, 0.15) is 6.61 Å². The lowest BCUT2D eigenvalue weighted by Crippen LogP contribution is -2.43. The summed E-state index contributed by atoms with van der Waals surface area (Å²) in [5.74, 6) is -1.13. The zero-order valence-electron chi connectivity index (χ0n) is 34.0. The highest BCUT2D eigenvalue weighted by Crippen LogP contribution is 2.14. The van der Waals surface area contributed by atoms with E-state index in [4.69, 9.17) is 19.4 Å². The molecule has 0 spiro atoms. The molecule has 0 bridgehead atoms. The average Bonchev–Trinajstić information content (AvgIpc) is 3.13. The Labute approximate surface area is 319 Å². The van der Waals surface area contributed by atoms with Gasteiger partial charge in [0.25, 0.3) is 5.91 Å². The minimum atomic E-state index is -0.715. The number of rotatable bonds is 38. The van der Waals surface area contributed by atoms with Crippen molar-refractivity contribution < 1.29 is 33.8 Å². The van der Waals surface area contributed by atoms with Gasteiger partial charge in [-0.05, 0) is 65.5 Å².